The molecule has 0 unspecified atom stereocenters. The summed E-state index contributed by atoms with van der Waals surface area (Å²) in [5.74, 6) is 0. The molecule has 1 aliphatic rings. The van der Waals surface area contributed by atoms with Crippen molar-refractivity contribution in [1.29, 1.82) is 0 Å². The molecule has 0 saturated carbocycles. The molecular formula is C21H26N4S. The highest BCUT2D eigenvalue weighted by atomic mass is 32.1. The minimum Gasteiger partial charge on any atom is -0.366 e. The Balaban J connectivity index is 1.47. The van der Waals surface area contributed by atoms with Crippen LogP contribution in [0.15, 0.2) is 42.5 Å². The van der Waals surface area contributed by atoms with Crippen LogP contribution in [0.4, 0.5) is 5.69 Å². The number of hydrogen-bond acceptors (Lipinski definition) is 4. The van der Waals surface area contributed by atoms with E-state index in [9.17, 15) is 0 Å². The Labute approximate surface area is 159 Å². The number of hydrogen-bond donors (Lipinski definition) is 0. The van der Waals surface area contributed by atoms with E-state index in [1.807, 2.05) is 17.4 Å². The zero-order valence-electron chi connectivity index (χ0n) is 15.8. The largest absolute Gasteiger partial charge is 0.366 e. The minimum atomic E-state index is 1.06. The summed E-state index contributed by atoms with van der Waals surface area (Å²) >= 11 is 1.92. The van der Waals surface area contributed by atoms with E-state index in [2.05, 4.69) is 71.7 Å². The maximum atomic E-state index is 4.81. The van der Waals surface area contributed by atoms with Crippen LogP contribution in [0.25, 0.3) is 5.69 Å². The molecule has 136 valence electrons. The van der Waals surface area contributed by atoms with Crippen molar-refractivity contribution >= 4 is 17.0 Å². The molecule has 4 rings (SSSR count). The molecule has 1 aromatic carbocycles. The second kappa shape index (κ2) is 7.25. The molecule has 26 heavy (non-hydrogen) atoms. The third-order valence-corrected chi connectivity index (χ3v) is 6.10. The molecule has 0 atom stereocenters. The number of rotatable bonds is 4. The van der Waals surface area contributed by atoms with Crippen LogP contribution >= 0.6 is 11.3 Å². The van der Waals surface area contributed by atoms with Crippen molar-refractivity contribution < 1.29 is 0 Å². The second-order valence-corrected chi connectivity index (χ2v) is 8.41. The Morgan fingerprint density at radius 2 is 1.65 bits per heavy atom. The quantitative estimate of drug-likeness (QED) is 0.692. The van der Waals surface area contributed by atoms with Crippen LogP contribution < -0.4 is 4.90 Å². The van der Waals surface area contributed by atoms with Gasteiger partial charge in [0.15, 0.2) is 0 Å². The lowest BCUT2D eigenvalue weighted by Gasteiger charge is -2.36. The van der Waals surface area contributed by atoms with Crippen LogP contribution in [0.3, 0.4) is 0 Å². The van der Waals surface area contributed by atoms with Crippen LogP contribution in [-0.4, -0.2) is 40.9 Å². The molecule has 4 nitrogen and oxygen atoms in total. The number of para-hydroxylation sites is 1. The summed E-state index contributed by atoms with van der Waals surface area (Å²) in [4.78, 5) is 7.94. The molecule has 0 aliphatic carbocycles. The fourth-order valence-electron chi connectivity index (χ4n) is 3.83. The third-order valence-electron chi connectivity index (χ3n) is 5.12. The fraction of sp³-hybridized carbons (Fsp3) is 0.381. The van der Waals surface area contributed by atoms with Gasteiger partial charge in [-0.15, -0.1) is 11.3 Å². The van der Waals surface area contributed by atoms with Gasteiger partial charge in [0.2, 0.25) is 0 Å². The molecule has 3 aromatic rings. The van der Waals surface area contributed by atoms with E-state index in [4.69, 9.17) is 5.10 Å². The van der Waals surface area contributed by atoms with Crippen molar-refractivity contribution in [3.63, 3.8) is 0 Å². The summed E-state index contributed by atoms with van der Waals surface area (Å²) in [6, 6.07) is 14.9. The van der Waals surface area contributed by atoms with Gasteiger partial charge >= 0.3 is 0 Å². The molecule has 5 heteroatoms. The average molecular weight is 367 g/mol. The van der Waals surface area contributed by atoms with E-state index in [1.54, 1.807) is 0 Å². The zero-order chi connectivity index (χ0) is 18.1. The fourth-order valence-corrected chi connectivity index (χ4v) is 4.77. The highest BCUT2D eigenvalue weighted by Crippen LogP contribution is 2.28. The monoisotopic (exact) mass is 366 g/mol. The highest BCUT2D eigenvalue weighted by Gasteiger charge is 2.23. The number of nitrogens with zero attached hydrogens (tertiary/aromatic N) is 4. The van der Waals surface area contributed by atoms with Gasteiger partial charge in [-0.25, -0.2) is 4.68 Å². The molecule has 3 heterocycles. The summed E-state index contributed by atoms with van der Waals surface area (Å²) < 4.78 is 2.07. The first-order valence-electron chi connectivity index (χ1n) is 9.26. The molecule has 0 spiro atoms. The van der Waals surface area contributed by atoms with E-state index in [0.717, 1.165) is 44.1 Å². The van der Waals surface area contributed by atoms with Crippen LogP contribution in [0.5, 0.6) is 0 Å². The van der Waals surface area contributed by atoms with Gasteiger partial charge < -0.3 is 4.90 Å². The van der Waals surface area contributed by atoms with Crippen LogP contribution in [0.2, 0.25) is 0 Å². The van der Waals surface area contributed by atoms with Crippen molar-refractivity contribution in [2.24, 2.45) is 0 Å². The predicted octanol–water partition coefficient (Wildman–Crippen LogP) is 4.18. The number of aromatic nitrogens is 2. The molecular weight excluding hydrogens is 340 g/mol. The van der Waals surface area contributed by atoms with E-state index in [-0.39, 0.29) is 0 Å². The van der Waals surface area contributed by atoms with E-state index >= 15 is 0 Å². The lowest BCUT2D eigenvalue weighted by molar-refractivity contribution is 0.252. The van der Waals surface area contributed by atoms with E-state index in [0.29, 0.717) is 0 Å². The van der Waals surface area contributed by atoms with Crippen molar-refractivity contribution in [2.45, 2.75) is 27.3 Å². The number of thiophene rings is 1. The van der Waals surface area contributed by atoms with E-state index in [1.165, 1.54) is 21.1 Å². The Morgan fingerprint density at radius 1 is 0.923 bits per heavy atom. The van der Waals surface area contributed by atoms with Gasteiger partial charge in [0.1, 0.15) is 0 Å². The minimum absolute atomic E-state index is 1.06. The van der Waals surface area contributed by atoms with Crippen LogP contribution in [-0.2, 0) is 6.54 Å². The van der Waals surface area contributed by atoms with Gasteiger partial charge in [0.05, 0.1) is 22.8 Å². The van der Waals surface area contributed by atoms with Crippen molar-refractivity contribution in [2.75, 3.05) is 31.1 Å². The maximum absolute atomic E-state index is 4.81. The van der Waals surface area contributed by atoms with Crippen LogP contribution in [0.1, 0.15) is 21.1 Å². The molecule has 2 aromatic heterocycles. The van der Waals surface area contributed by atoms with Crippen molar-refractivity contribution in [3.05, 3.63) is 63.6 Å². The summed E-state index contributed by atoms with van der Waals surface area (Å²) in [6.07, 6.45) is 0. The lowest BCUT2D eigenvalue weighted by Crippen LogP contribution is -2.46. The molecule has 1 fully saturated rings. The zero-order valence-corrected chi connectivity index (χ0v) is 16.6. The second-order valence-electron chi connectivity index (χ2n) is 7.04. The summed E-state index contributed by atoms with van der Waals surface area (Å²) in [6.45, 7) is 11.9. The Hall–Kier alpha value is -2.11. The highest BCUT2D eigenvalue weighted by molar-refractivity contribution is 7.11. The SMILES string of the molecule is Cc1ccc(CN2CCN(c3c(C)nn(-c4ccccc4)c3C)CC2)s1. The Bertz CT molecular complexity index is 873. The molecule has 1 aliphatic heterocycles. The summed E-state index contributed by atoms with van der Waals surface area (Å²) in [7, 11) is 0. The Kier molecular flexibility index (Phi) is 4.83. The smallest absolute Gasteiger partial charge is 0.0834 e. The maximum Gasteiger partial charge on any atom is 0.0834 e. The summed E-state index contributed by atoms with van der Waals surface area (Å²) in [5.41, 5.74) is 4.79. The average Bonchev–Trinajstić information content (AvgIpc) is 3.19. The molecule has 0 amide bonds. The van der Waals surface area contributed by atoms with Crippen molar-refractivity contribution in [1.82, 2.24) is 14.7 Å². The van der Waals surface area contributed by atoms with Gasteiger partial charge in [-0.2, -0.15) is 5.10 Å². The Morgan fingerprint density at radius 3 is 2.31 bits per heavy atom. The molecule has 0 bridgehead atoms. The number of anilines is 1. The summed E-state index contributed by atoms with van der Waals surface area (Å²) in [5, 5.41) is 4.81. The van der Waals surface area contributed by atoms with Gasteiger partial charge in [0, 0.05) is 42.5 Å². The standard InChI is InChI=1S/C21H26N4S/c1-16-9-10-20(26-16)15-23-11-13-24(14-12-23)21-17(2)22-25(18(21)3)19-7-5-4-6-8-19/h4-10H,11-15H2,1-3H3. The topological polar surface area (TPSA) is 24.3 Å². The molecule has 0 N–H and O–H groups in total. The number of benzene rings is 1. The van der Waals surface area contributed by atoms with Gasteiger partial charge in [-0.1, -0.05) is 18.2 Å². The lowest BCUT2D eigenvalue weighted by atomic mass is 10.2. The predicted molar refractivity (Wildman–Crippen MR) is 110 cm³/mol. The van der Waals surface area contributed by atoms with Crippen LogP contribution in [0, 0.1) is 20.8 Å². The normalized spacial score (nSPS) is 15.6. The molecule has 0 radical (unpaired) electrons. The third kappa shape index (κ3) is 3.41. The number of aryl methyl sites for hydroxylation is 2. The van der Waals surface area contributed by atoms with Crippen molar-refractivity contribution in [3.8, 4) is 5.69 Å². The number of piperazine rings is 1. The van der Waals surface area contributed by atoms with Gasteiger partial charge in [-0.3, -0.25) is 4.90 Å². The first kappa shape index (κ1) is 17.3. The molecule has 1 saturated heterocycles. The van der Waals surface area contributed by atoms with Gasteiger partial charge in [-0.05, 0) is 45.0 Å². The van der Waals surface area contributed by atoms with Gasteiger partial charge in [0.25, 0.3) is 0 Å². The van der Waals surface area contributed by atoms with E-state index < -0.39 is 0 Å². The first-order valence-corrected chi connectivity index (χ1v) is 10.1. The first-order chi connectivity index (χ1) is 12.6.